The zero-order chi connectivity index (χ0) is 43.3. The van der Waals surface area contributed by atoms with E-state index in [1.165, 1.54) is 72.0 Å². The Bertz CT molecular complexity index is 3940. The average Bonchev–Trinajstić information content (AvgIpc) is 3.89. The highest BCUT2D eigenvalue weighted by atomic mass is 15.0. The summed E-state index contributed by atoms with van der Waals surface area (Å²) in [5.41, 5.74) is 18.2. The molecule has 306 valence electrons. The molecule has 0 N–H and O–H groups in total. The minimum absolute atomic E-state index is 0.564. The van der Waals surface area contributed by atoms with Gasteiger partial charge in [0.05, 0.1) is 22.1 Å². The molecule has 4 heteroatoms. The molecule has 2 aromatic heterocycles. The van der Waals surface area contributed by atoms with Gasteiger partial charge >= 0.3 is 0 Å². The minimum Gasteiger partial charge on any atom is -0.309 e. The summed E-state index contributed by atoms with van der Waals surface area (Å²) >= 11 is 0. The Morgan fingerprint density at radius 3 is 1.62 bits per heavy atom. The molecule has 10 aromatic carbocycles. The Morgan fingerprint density at radius 2 is 0.818 bits per heavy atom. The van der Waals surface area contributed by atoms with Crippen LogP contribution >= 0.6 is 0 Å². The van der Waals surface area contributed by atoms with Crippen LogP contribution in [0, 0.1) is 0 Å². The second-order valence-corrected chi connectivity index (χ2v) is 17.4. The number of rotatable bonds is 5. The van der Waals surface area contributed by atoms with Crippen LogP contribution in [-0.2, 0) is 5.41 Å². The van der Waals surface area contributed by atoms with E-state index in [0.29, 0.717) is 17.5 Å². The van der Waals surface area contributed by atoms with Gasteiger partial charge in [-0.1, -0.05) is 206 Å². The summed E-state index contributed by atoms with van der Waals surface area (Å²) in [6.45, 7) is 0. The van der Waals surface area contributed by atoms with Crippen LogP contribution < -0.4 is 0 Å². The smallest absolute Gasteiger partial charge is 0.164 e. The van der Waals surface area contributed by atoms with Gasteiger partial charge in [0.15, 0.2) is 17.5 Å². The lowest BCUT2D eigenvalue weighted by molar-refractivity contribution is 0.749. The molecular weight excluding hydrogens is 801 g/mol. The molecule has 0 saturated heterocycles. The summed E-state index contributed by atoms with van der Waals surface area (Å²) in [7, 11) is 0. The topological polar surface area (TPSA) is 43.6 Å². The lowest BCUT2D eigenvalue weighted by atomic mass is 9.65. The fourth-order valence-corrected chi connectivity index (χ4v) is 11.4. The van der Waals surface area contributed by atoms with Crippen molar-refractivity contribution in [3.8, 4) is 73.2 Å². The van der Waals surface area contributed by atoms with E-state index in [0.717, 1.165) is 38.6 Å². The minimum atomic E-state index is -0.564. The van der Waals surface area contributed by atoms with Gasteiger partial charge in [-0.2, -0.15) is 0 Å². The number of para-hydroxylation sites is 3. The third-order valence-corrected chi connectivity index (χ3v) is 14.1. The summed E-state index contributed by atoms with van der Waals surface area (Å²) in [6, 6.07) is 83.3. The van der Waals surface area contributed by atoms with E-state index >= 15 is 0 Å². The van der Waals surface area contributed by atoms with Gasteiger partial charge in [0.25, 0.3) is 0 Å². The summed E-state index contributed by atoms with van der Waals surface area (Å²) in [5.74, 6) is 1.89. The molecule has 1 atom stereocenters. The first-order valence-electron chi connectivity index (χ1n) is 22.6. The maximum Gasteiger partial charge on any atom is 0.164 e. The molecule has 14 rings (SSSR count). The Balaban J connectivity index is 1.00. The molecule has 66 heavy (non-hydrogen) atoms. The average molecular weight is 839 g/mol. The summed E-state index contributed by atoms with van der Waals surface area (Å²) < 4.78 is 2.50. The molecule has 1 spiro atoms. The van der Waals surface area contributed by atoms with E-state index in [1.54, 1.807) is 0 Å². The fourth-order valence-electron chi connectivity index (χ4n) is 11.4. The first-order valence-corrected chi connectivity index (χ1v) is 22.6. The maximum absolute atomic E-state index is 5.40. The van der Waals surface area contributed by atoms with Crippen LogP contribution in [0.15, 0.2) is 231 Å². The van der Waals surface area contributed by atoms with Gasteiger partial charge in [0, 0.05) is 27.5 Å². The number of hydrogen-bond acceptors (Lipinski definition) is 3. The standard InChI is InChI=1S/C62H38N4/c1-3-18-39(19-4-1)43-36-37-51(45-24-9-8-23-44(43)45)61-64-59(40-20-5-2-6-21-40)63-60(65-61)50-27-10-7-22-42(50)41-34-35-47-46-25-11-13-29-52(46)62(55(47)38-41)53-30-14-16-33-57(53)66-56-32-15-12-26-48(56)49-28-17-31-54(62)58(49)66/h1-38H. The highest BCUT2D eigenvalue weighted by molar-refractivity contribution is 6.13. The van der Waals surface area contributed by atoms with Crippen molar-refractivity contribution in [3.05, 3.63) is 253 Å². The van der Waals surface area contributed by atoms with Gasteiger partial charge in [-0.25, -0.2) is 15.0 Å². The zero-order valence-corrected chi connectivity index (χ0v) is 35.7. The number of nitrogens with zero attached hydrogens (tertiary/aromatic N) is 4. The molecule has 0 amide bonds. The molecular formula is C62H38N4. The van der Waals surface area contributed by atoms with Gasteiger partial charge in [-0.05, 0) is 90.7 Å². The highest BCUT2D eigenvalue weighted by Crippen LogP contribution is 2.61. The van der Waals surface area contributed by atoms with Gasteiger partial charge in [0.2, 0.25) is 0 Å². The Hall–Kier alpha value is -8.73. The number of fused-ring (bicyclic) bond motifs is 13. The molecule has 12 aromatic rings. The molecule has 3 heterocycles. The number of aromatic nitrogens is 4. The largest absolute Gasteiger partial charge is 0.309 e. The van der Waals surface area contributed by atoms with Crippen molar-refractivity contribution in [2.75, 3.05) is 0 Å². The van der Waals surface area contributed by atoms with Crippen molar-refractivity contribution in [1.29, 1.82) is 0 Å². The normalized spacial score (nSPS) is 14.4. The van der Waals surface area contributed by atoms with Gasteiger partial charge in [-0.15, -0.1) is 0 Å². The Morgan fingerprint density at radius 1 is 0.288 bits per heavy atom. The molecule has 1 unspecified atom stereocenters. The lowest BCUT2D eigenvalue weighted by Crippen LogP contribution is -2.33. The van der Waals surface area contributed by atoms with Crippen molar-refractivity contribution in [3.63, 3.8) is 0 Å². The van der Waals surface area contributed by atoms with E-state index in [4.69, 9.17) is 15.0 Å². The van der Waals surface area contributed by atoms with Crippen molar-refractivity contribution < 1.29 is 0 Å². The quantitative estimate of drug-likeness (QED) is 0.173. The van der Waals surface area contributed by atoms with Crippen LogP contribution in [0.4, 0.5) is 0 Å². The third kappa shape index (κ3) is 5.12. The zero-order valence-electron chi connectivity index (χ0n) is 35.7. The van der Waals surface area contributed by atoms with Crippen LogP contribution in [-0.4, -0.2) is 19.5 Å². The summed E-state index contributed by atoms with van der Waals surface area (Å²) in [6.07, 6.45) is 0. The number of benzene rings is 10. The molecule has 0 saturated carbocycles. The van der Waals surface area contributed by atoms with E-state index in [9.17, 15) is 0 Å². The van der Waals surface area contributed by atoms with Crippen LogP contribution in [0.3, 0.4) is 0 Å². The van der Waals surface area contributed by atoms with Crippen molar-refractivity contribution >= 4 is 32.6 Å². The van der Waals surface area contributed by atoms with E-state index in [2.05, 4.69) is 217 Å². The fraction of sp³-hybridized carbons (Fsp3) is 0.0161. The van der Waals surface area contributed by atoms with Crippen molar-refractivity contribution in [2.24, 2.45) is 0 Å². The predicted molar refractivity (Wildman–Crippen MR) is 270 cm³/mol. The molecule has 1 aliphatic heterocycles. The van der Waals surface area contributed by atoms with Crippen LogP contribution in [0.25, 0.3) is 106 Å². The summed E-state index contributed by atoms with van der Waals surface area (Å²) in [4.78, 5) is 15.9. The number of hydrogen-bond donors (Lipinski definition) is 0. The van der Waals surface area contributed by atoms with Crippen LogP contribution in [0.5, 0.6) is 0 Å². The Kier molecular flexibility index (Phi) is 7.87. The summed E-state index contributed by atoms with van der Waals surface area (Å²) in [5, 5.41) is 4.78. The molecule has 0 fully saturated rings. The lowest BCUT2D eigenvalue weighted by Gasteiger charge is -2.39. The van der Waals surface area contributed by atoms with Crippen molar-refractivity contribution in [2.45, 2.75) is 5.41 Å². The van der Waals surface area contributed by atoms with Crippen molar-refractivity contribution in [1.82, 2.24) is 19.5 Å². The second kappa shape index (κ2) is 14.1. The molecule has 0 radical (unpaired) electrons. The molecule has 0 bridgehead atoms. The van der Waals surface area contributed by atoms with E-state index in [-0.39, 0.29) is 0 Å². The van der Waals surface area contributed by atoms with E-state index < -0.39 is 5.41 Å². The van der Waals surface area contributed by atoms with Gasteiger partial charge < -0.3 is 4.57 Å². The monoisotopic (exact) mass is 838 g/mol. The van der Waals surface area contributed by atoms with Crippen LogP contribution in [0.1, 0.15) is 22.3 Å². The maximum atomic E-state index is 5.40. The first kappa shape index (κ1) is 36.7. The molecule has 2 aliphatic rings. The van der Waals surface area contributed by atoms with E-state index in [1.807, 2.05) is 18.2 Å². The first-order chi connectivity index (χ1) is 32.8. The third-order valence-electron chi connectivity index (χ3n) is 14.1. The molecule has 1 aliphatic carbocycles. The molecule has 4 nitrogen and oxygen atoms in total. The SMILES string of the molecule is c1ccc(-c2nc(-c3ccccc3-c3ccc4c(c3)C3(c5ccccc5-4)c4ccccc4-n4c5ccccc5c5cccc3c54)nc(-c3ccc(-c4ccccc4)c4ccccc34)n2)cc1. The van der Waals surface area contributed by atoms with Gasteiger partial charge in [0.1, 0.15) is 0 Å². The Labute approximate surface area is 381 Å². The highest BCUT2D eigenvalue weighted by Gasteiger charge is 2.50. The second-order valence-electron chi connectivity index (χ2n) is 17.4. The van der Waals surface area contributed by atoms with Gasteiger partial charge in [-0.3, -0.25) is 0 Å². The predicted octanol–water partition coefficient (Wildman–Crippen LogP) is 15.1. The van der Waals surface area contributed by atoms with Crippen LogP contribution in [0.2, 0.25) is 0 Å².